The van der Waals surface area contributed by atoms with Crippen LogP contribution in [0.4, 0.5) is 8.78 Å². The van der Waals surface area contributed by atoms with Crippen molar-refractivity contribution in [2.75, 3.05) is 0 Å². The molecule has 1 aromatic rings. The maximum Gasteiger partial charge on any atom is 0.319 e. The van der Waals surface area contributed by atoms with E-state index in [0.29, 0.717) is 11.0 Å². The zero-order valence-corrected chi connectivity index (χ0v) is 9.57. The number of nitrogens with one attached hydrogen (secondary N) is 1. The highest BCUT2D eigenvalue weighted by Gasteiger charge is 2.15. The van der Waals surface area contributed by atoms with Gasteiger partial charge in [-0.2, -0.15) is 8.78 Å². The lowest BCUT2D eigenvalue weighted by Crippen LogP contribution is -2.40. The molecule has 0 aromatic carbocycles. The average Bonchev–Trinajstić information content (AvgIpc) is 2.74. The van der Waals surface area contributed by atoms with Crippen molar-refractivity contribution in [3.63, 3.8) is 0 Å². The van der Waals surface area contributed by atoms with Crippen LogP contribution in [-0.4, -0.2) is 21.5 Å². The first-order valence-electron chi connectivity index (χ1n) is 5.39. The topological polar surface area (TPSA) is 72.9 Å². The summed E-state index contributed by atoms with van der Waals surface area (Å²) in [4.78, 5) is 15.2. The maximum atomic E-state index is 12.5. The molecule has 0 bridgehead atoms. The van der Waals surface area contributed by atoms with Gasteiger partial charge in [0, 0.05) is 12.4 Å². The van der Waals surface area contributed by atoms with E-state index in [1.165, 1.54) is 6.20 Å². The second-order valence-corrected chi connectivity index (χ2v) is 3.64. The summed E-state index contributed by atoms with van der Waals surface area (Å²) in [6.07, 6.45) is 3.78. The Hall–Kier alpha value is -1.50. The Morgan fingerprint density at radius 1 is 1.65 bits per heavy atom. The number of carbonyl (C=O) groups excluding carboxylic acids is 1. The summed E-state index contributed by atoms with van der Waals surface area (Å²) in [5.74, 6) is -0.243. The van der Waals surface area contributed by atoms with Crippen molar-refractivity contribution in [2.24, 2.45) is 5.73 Å². The van der Waals surface area contributed by atoms with Crippen molar-refractivity contribution in [1.29, 1.82) is 0 Å². The zero-order chi connectivity index (χ0) is 12.8. The molecule has 1 atom stereocenters. The van der Waals surface area contributed by atoms with E-state index in [4.69, 9.17) is 5.73 Å². The third-order valence-electron chi connectivity index (χ3n) is 2.32. The van der Waals surface area contributed by atoms with Gasteiger partial charge in [0.15, 0.2) is 0 Å². The molecule has 1 aromatic heterocycles. The van der Waals surface area contributed by atoms with Crippen LogP contribution in [-0.2, 0) is 11.3 Å². The van der Waals surface area contributed by atoms with Crippen molar-refractivity contribution >= 4 is 5.91 Å². The molecule has 1 amide bonds. The average molecular weight is 246 g/mol. The van der Waals surface area contributed by atoms with Gasteiger partial charge in [0.25, 0.3) is 0 Å². The number of nitrogens with zero attached hydrogens (tertiary/aromatic N) is 2. The molecule has 7 heteroatoms. The van der Waals surface area contributed by atoms with Crippen LogP contribution >= 0.6 is 0 Å². The number of hydrogen-bond acceptors (Lipinski definition) is 3. The molecule has 0 saturated heterocycles. The highest BCUT2D eigenvalue weighted by molar-refractivity contribution is 5.81. The third kappa shape index (κ3) is 3.77. The van der Waals surface area contributed by atoms with Gasteiger partial charge < -0.3 is 11.1 Å². The minimum absolute atomic E-state index is 0.0480. The van der Waals surface area contributed by atoms with Crippen LogP contribution in [0.15, 0.2) is 12.4 Å². The summed E-state index contributed by atoms with van der Waals surface area (Å²) in [5, 5.41) is 2.48. The molecular formula is C10H16F2N4O. The molecule has 1 unspecified atom stereocenters. The molecule has 0 aliphatic rings. The largest absolute Gasteiger partial charge is 0.348 e. The van der Waals surface area contributed by atoms with Crippen LogP contribution in [0.25, 0.3) is 0 Å². The highest BCUT2D eigenvalue weighted by Crippen LogP contribution is 2.11. The fourth-order valence-electron chi connectivity index (χ4n) is 1.40. The lowest BCUT2D eigenvalue weighted by Gasteiger charge is -2.11. The summed E-state index contributed by atoms with van der Waals surface area (Å²) in [7, 11) is 0. The van der Waals surface area contributed by atoms with Gasteiger partial charge in [-0.1, -0.05) is 13.3 Å². The quantitative estimate of drug-likeness (QED) is 0.787. The standard InChI is InChI=1S/C10H16F2N4O/c1-2-3-7(13)9(17)15-6-8-14-4-5-16(8)10(11)12/h4-5,7,10H,2-3,6,13H2,1H3,(H,15,17). The first-order valence-corrected chi connectivity index (χ1v) is 5.39. The van der Waals surface area contributed by atoms with E-state index in [0.717, 1.165) is 12.6 Å². The number of aromatic nitrogens is 2. The number of nitrogens with two attached hydrogens (primary N) is 1. The minimum atomic E-state index is -2.66. The number of hydrogen-bond donors (Lipinski definition) is 2. The van der Waals surface area contributed by atoms with Gasteiger partial charge in [0.1, 0.15) is 5.82 Å². The molecule has 5 nitrogen and oxygen atoms in total. The molecule has 0 saturated carbocycles. The molecule has 0 spiro atoms. The van der Waals surface area contributed by atoms with Crippen LogP contribution < -0.4 is 11.1 Å². The van der Waals surface area contributed by atoms with Crippen molar-refractivity contribution in [3.8, 4) is 0 Å². The molecule has 0 fully saturated rings. The van der Waals surface area contributed by atoms with Crippen LogP contribution in [0, 0.1) is 0 Å². The Bertz CT molecular complexity index is 367. The van der Waals surface area contributed by atoms with E-state index >= 15 is 0 Å². The first kappa shape index (κ1) is 13.6. The number of halogens is 2. The van der Waals surface area contributed by atoms with Crippen LogP contribution in [0.5, 0.6) is 0 Å². The third-order valence-corrected chi connectivity index (χ3v) is 2.32. The van der Waals surface area contributed by atoms with Gasteiger partial charge in [0.2, 0.25) is 5.91 Å². The second-order valence-electron chi connectivity index (χ2n) is 3.64. The molecule has 3 N–H and O–H groups in total. The molecule has 1 rings (SSSR count). The van der Waals surface area contributed by atoms with Gasteiger partial charge in [0.05, 0.1) is 12.6 Å². The van der Waals surface area contributed by atoms with Gasteiger partial charge in [-0.05, 0) is 6.42 Å². The Morgan fingerprint density at radius 3 is 2.94 bits per heavy atom. The van der Waals surface area contributed by atoms with Crippen molar-refractivity contribution in [1.82, 2.24) is 14.9 Å². The summed E-state index contributed by atoms with van der Waals surface area (Å²) in [5.41, 5.74) is 5.58. The van der Waals surface area contributed by atoms with Crippen LogP contribution in [0.2, 0.25) is 0 Å². The molecule has 17 heavy (non-hydrogen) atoms. The van der Waals surface area contributed by atoms with Gasteiger partial charge in [-0.25, -0.2) is 4.98 Å². The second kappa shape index (κ2) is 6.29. The van der Waals surface area contributed by atoms with Gasteiger partial charge in [-0.15, -0.1) is 0 Å². The summed E-state index contributed by atoms with van der Waals surface area (Å²) >= 11 is 0. The Labute approximate surface area is 98.0 Å². The van der Waals surface area contributed by atoms with E-state index in [1.807, 2.05) is 6.92 Å². The summed E-state index contributed by atoms with van der Waals surface area (Å²) in [6.45, 7) is -0.793. The summed E-state index contributed by atoms with van der Waals surface area (Å²) < 4.78 is 25.6. The van der Waals surface area contributed by atoms with E-state index < -0.39 is 12.6 Å². The SMILES string of the molecule is CCCC(N)C(=O)NCc1nccn1C(F)F. The van der Waals surface area contributed by atoms with Crippen molar-refractivity contribution < 1.29 is 13.6 Å². The first-order chi connectivity index (χ1) is 8.06. The number of alkyl halides is 2. The summed E-state index contributed by atoms with van der Waals surface area (Å²) in [6, 6.07) is -0.602. The lowest BCUT2D eigenvalue weighted by molar-refractivity contribution is -0.122. The molecular weight excluding hydrogens is 230 g/mol. The maximum absolute atomic E-state index is 12.5. The van der Waals surface area contributed by atoms with Gasteiger partial charge >= 0.3 is 6.55 Å². The van der Waals surface area contributed by atoms with E-state index in [9.17, 15) is 13.6 Å². The molecule has 0 radical (unpaired) electrons. The number of imidazole rings is 1. The number of rotatable bonds is 6. The van der Waals surface area contributed by atoms with Crippen molar-refractivity contribution in [3.05, 3.63) is 18.2 Å². The molecule has 0 aliphatic heterocycles. The highest BCUT2D eigenvalue weighted by atomic mass is 19.3. The van der Waals surface area contributed by atoms with Crippen molar-refractivity contribution in [2.45, 2.75) is 38.9 Å². The van der Waals surface area contributed by atoms with E-state index in [2.05, 4.69) is 10.3 Å². The Balaban J connectivity index is 2.50. The fraction of sp³-hybridized carbons (Fsp3) is 0.600. The fourth-order valence-corrected chi connectivity index (χ4v) is 1.40. The Kier molecular flexibility index (Phi) is 5.02. The zero-order valence-electron chi connectivity index (χ0n) is 9.57. The van der Waals surface area contributed by atoms with E-state index in [-0.39, 0.29) is 18.3 Å². The smallest absolute Gasteiger partial charge is 0.319 e. The molecule has 96 valence electrons. The lowest BCUT2D eigenvalue weighted by atomic mass is 10.2. The molecule has 0 aliphatic carbocycles. The monoisotopic (exact) mass is 246 g/mol. The van der Waals surface area contributed by atoms with Gasteiger partial charge in [-0.3, -0.25) is 9.36 Å². The predicted octanol–water partition coefficient (Wildman–Crippen LogP) is 1.02. The normalized spacial score (nSPS) is 12.8. The number of carbonyl (C=O) groups is 1. The van der Waals surface area contributed by atoms with Crippen LogP contribution in [0.3, 0.4) is 0 Å². The predicted molar refractivity (Wildman–Crippen MR) is 58.2 cm³/mol. The molecule has 1 heterocycles. The Morgan fingerprint density at radius 2 is 2.35 bits per heavy atom. The number of amides is 1. The van der Waals surface area contributed by atoms with Crippen LogP contribution in [0.1, 0.15) is 32.1 Å². The minimum Gasteiger partial charge on any atom is -0.348 e. The van der Waals surface area contributed by atoms with E-state index in [1.54, 1.807) is 0 Å².